The Hall–Kier alpha value is -2.97. The van der Waals surface area contributed by atoms with Gasteiger partial charge in [0.25, 0.3) is 5.91 Å². The molecule has 0 saturated heterocycles. The predicted molar refractivity (Wildman–Crippen MR) is 139 cm³/mol. The van der Waals surface area contributed by atoms with Crippen molar-refractivity contribution in [3.63, 3.8) is 0 Å². The molecule has 0 bridgehead atoms. The summed E-state index contributed by atoms with van der Waals surface area (Å²) in [6.45, 7) is 6.61. The molecule has 0 unspecified atom stereocenters. The van der Waals surface area contributed by atoms with Crippen molar-refractivity contribution in [2.24, 2.45) is 11.8 Å². The van der Waals surface area contributed by atoms with Crippen molar-refractivity contribution in [2.75, 3.05) is 39.2 Å². The number of amides is 2. The van der Waals surface area contributed by atoms with Crippen LogP contribution in [0, 0.1) is 11.8 Å². The van der Waals surface area contributed by atoms with Gasteiger partial charge in [-0.2, -0.15) is 0 Å². The number of hydrogen-bond acceptors (Lipinski definition) is 6. The van der Waals surface area contributed by atoms with Crippen molar-refractivity contribution in [3.05, 3.63) is 53.9 Å². The molecular weight excluding hydrogens is 456 g/mol. The highest BCUT2D eigenvalue weighted by molar-refractivity contribution is 6.00. The summed E-state index contributed by atoms with van der Waals surface area (Å²) in [5, 5.41) is 2.98. The second-order valence-corrected chi connectivity index (χ2v) is 10.2. The van der Waals surface area contributed by atoms with Crippen molar-refractivity contribution in [1.82, 2.24) is 14.8 Å². The lowest BCUT2D eigenvalue weighted by Crippen LogP contribution is -2.46. The van der Waals surface area contributed by atoms with Crippen molar-refractivity contribution >= 4 is 17.5 Å². The van der Waals surface area contributed by atoms with Crippen molar-refractivity contribution in [3.8, 4) is 5.75 Å². The van der Waals surface area contributed by atoms with E-state index in [1.807, 2.05) is 30.5 Å². The van der Waals surface area contributed by atoms with Crippen LogP contribution >= 0.6 is 0 Å². The van der Waals surface area contributed by atoms with Crippen LogP contribution in [0.5, 0.6) is 5.75 Å². The van der Waals surface area contributed by atoms with Gasteiger partial charge in [0.15, 0.2) is 0 Å². The largest absolute Gasteiger partial charge is 0.491 e. The van der Waals surface area contributed by atoms with E-state index in [4.69, 9.17) is 9.47 Å². The molecule has 2 heterocycles. The fraction of sp³-hybridized carbons (Fsp3) is 0.536. The van der Waals surface area contributed by atoms with Gasteiger partial charge in [-0.15, -0.1) is 0 Å². The number of pyridine rings is 1. The summed E-state index contributed by atoms with van der Waals surface area (Å²) in [4.78, 5) is 34.6. The smallest absolute Gasteiger partial charge is 0.257 e. The zero-order valence-electron chi connectivity index (χ0n) is 21.8. The van der Waals surface area contributed by atoms with E-state index < -0.39 is 0 Å². The summed E-state index contributed by atoms with van der Waals surface area (Å²) >= 11 is 0. The summed E-state index contributed by atoms with van der Waals surface area (Å²) in [7, 11) is 3.48. The molecular formula is C28H38N4O4. The van der Waals surface area contributed by atoms with Gasteiger partial charge in [0, 0.05) is 57.6 Å². The molecule has 2 aromatic rings. The number of rotatable bonds is 5. The molecule has 8 heteroatoms. The van der Waals surface area contributed by atoms with Crippen LogP contribution in [0.15, 0.2) is 42.6 Å². The molecule has 1 aromatic carbocycles. The zero-order chi connectivity index (χ0) is 25.7. The van der Waals surface area contributed by atoms with E-state index >= 15 is 0 Å². The molecule has 1 aliphatic carbocycles. The van der Waals surface area contributed by atoms with Crippen molar-refractivity contribution < 1.29 is 19.1 Å². The van der Waals surface area contributed by atoms with E-state index in [1.165, 1.54) is 0 Å². The number of methoxy groups -OCH3 is 1. The molecule has 36 heavy (non-hydrogen) atoms. The molecule has 1 aromatic heterocycles. The number of ether oxygens (including phenoxy) is 2. The van der Waals surface area contributed by atoms with Gasteiger partial charge in [-0.3, -0.25) is 19.5 Å². The number of fused-ring (bicyclic) bond motifs is 1. The second kappa shape index (κ2) is 11.8. The van der Waals surface area contributed by atoms with Gasteiger partial charge < -0.3 is 19.7 Å². The molecule has 1 fully saturated rings. The summed E-state index contributed by atoms with van der Waals surface area (Å²) in [6, 6.07) is 11.4. The van der Waals surface area contributed by atoms with E-state index in [-0.39, 0.29) is 35.8 Å². The molecule has 1 saturated carbocycles. The summed E-state index contributed by atoms with van der Waals surface area (Å²) in [5.41, 5.74) is 2.05. The van der Waals surface area contributed by atoms with Crippen LogP contribution in [-0.2, 0) is 16.1 Å². The SMILES string of the molecule is CO[C@H]1CN(C)C(=O)c2cc(NC(=O)C3CCC3)ccc2OC[C@@H](C)N(Cc2ccccn2)C[C@H]1C. The summed E-state index contributed by atoms with van der Waals surface area (Å²) in [5.74, 6) is 0.611. The number of aromatic nitrogens is 1. The fourth-order valence-electron chi connectivity index (χ4n) is 4.76. The average Bonchev–Trinajstić information content (AvgIpc) is 2.84. The lowest BCUT2D eigenvalue weighted by Gasteiger charge is -2.36. The molecule has 1 N–H and O–H groups in total. The first-order valence-corrected chi connectivity index (χ1v) is 12.9. The number of nitrogens with zero attached hydrogens (tertiary/aromatic N) is 3. The predicted octanol–water partition coefficient (Wildman–Crippen LogP) is 3.83. The van der Waals surface area contributed by atoms with Gasteiger partial charge in [0.05, 0.1) is 17.4 Å². The number of nitrogens with one attached hydrogen (secondary N) is 1. The normalized spacial score (nSPS) is 24.1. The number of benzene rings is 1. The monoisotopic (exact) mass is 494 g/mol. The van der Waals surface area contributed by atoms with Crippen LogP contribution in [-0.4, -0.2) is 72.6 Å². The Morgan fingerprint density at radius 1 is 1.19 bits per heavy atom. The van der Waals surface area contributed by atoms with E-state index in [9.17, 15) is 9.59 Å². The minimum atomic E-state index is -0.155. The maximum atomic E-state index is 13.5. The van der Waals surface area contributed by atoms with Gasteiger partial charge in [-0.25, -0.2) is 0 Å². The van der Waals surface area contributed by atoms with Gasteiger partial charge >= 0.3 is 0 Å². The minimum Gasteiger partial charge on any atom is -0.491 e. The highest BCUT2D eigenvalue weighted by Gasteiger charge is 2.29. The highest BCUT2D eigenvalue weighted by Crippen LogP contribution is 2.30. The Morgan fingerprint density at radius 3 is 2.67 bits per heavy atom. The quantitative estimate of drug-likeness (QED) is 0.680. The maximum absolute atomic E-state index is 13.5. The molecule has 2 aliphatic rings. The summed E-state index contributed by atoms with van der Waals surface area (Å²) < 4.78 is 12.1. The number of likely N-dealkylation sites (N-methyl/N-ethyl adjacent to an activating group) is 1. The van der Waals surface area contributed by atoms with Crippen LogP contribution in [0.3, 0.4) is 0 Å². The Bertz CT molecular complexity index is 1040. The first kappa shape index (κ1) is 26.1. The Labute approximate surface area is 214 Å². The third-order valence-electron chi connectivity index (χ3n) is 7.41. The van der Waals surface area contributed by atoms with E-state index in [0.717, 1.165) is 31.5 Å². The van der Waals surface area contributed by atoms with E-state index in [2.05, 4.69) is 29.0 Å². The van der Waals surface area contributed by atoms with E-state index in [0.29, 0.717) is 36.7 Å². The second-order valence-electron chi connectivity index (χ2n) is 10.2. The van der Waals surface area contributed by atoms with Crippen LogP contribution in [0.25, 0.3) is 0 Å². The number of anilines is 1. The Kier molecular flexibility index (Phi) is 8.59. The molecule has 1 aliphatic heterocycles. The molecule has 8 nitrogen and oxygen atoms in total. The first-order chi connectivity index (χ1) is 17.4. The molecule has 4 rings (SSSR count). The van der Waals surface area contributed by atoms with Crippen LogP contribution in [0.1, 0.15) is 49.2 Å². The number of carbonyl (C=O) groups is 2. The highest BCUT2D eigenvalue weighted by atomic mass is 16.5. The van der Waals surface area contributed by atoms with Crippen LogP contribution in [0.4, 0.5) is 5.69 Å². The lowest BCUT2D eigenvalue weighted by atomic mass is 9.85. The standard InChI is InChI=1S/C28H38N4O4/c1-19-15-32(16-23-10-5-6-13-29-23)20(2)18-36-25-12-11-22(30-27(33)21-8-7-9-21)14-24(25)28(34)31(3)17-26(19)35-4/h5-6,10-14,19-21,26H,7-9,15-18H2,1-4H3,(H,30,33)/t19-,20-,26+/m1/s1. The topological polar surface area (TPSA) is 84.0 Å². The lowest BCUT2D eigenvalue weighted by molar-refractivity contribution is -0.122. The third-order valence-corrected chi connectivity index (χ3v) is 7.41. The molecule has 194 valence electrons. The van der Waals surface area contributed by atoms with Gasteiger partial charge in [-0.1, -0.05) is 19.4 Å². The molecule has 0 radical (unpaired) electrons. The molecule has 0 spiro atoms. The average molecular weight is 495 g/mol. The van der Waals surface area contributed by atoms with Crippen molar-refractivity contribution in [1.29, 1.82) is 0 Å². The van der Waals surface area contributed by atoms with Gasteiger partial charge in [-0.05, 0) is 56.0 Å². The molecule has 3 atom stereocenters. The maximum Gasteiger partial charge on any atom is 0.257 e. The van der Waals surface area contributed by atoms with E-state index in [1.54, 1.807) is 31.2 Å². The molecule has 2 amide bonds. The summed E-state index contributed by atoms with van der Waals surface area (Å²) in [6.07, 6.45) is 4.61. The Morgan fingerprint density at radius 2 is 2.00 bits per heavy atom. The third kappa shape index (κ3) is 6.23. The first-order valence-electron chi connectivity index (χ1n) is 12.9. The Balaban J connectivity index is 1.60. The fourth-order valence-corrected chi connectivity index (χ4v) is 4.76. The van der Waals surface area contributed by atoms with Crippen molar-refractivity contribution in [2.45, 2.75) is 51.8 Å². The minimum absolute atomic E-state index is 0.0168. The van der Waals surface area contributed by atoms with Crippen LogP contribution < -0.4 is 10.1 Å². The zero-order valence-corrected chi connectivity index (χ0v) is 21.8. The van der Waals surface area contributed by atoms with Crippen LogP contribution in [0.2, 0.25) is 0 Å². The van der Waals surface area contributed by atoms with Gasteiger partial charge in [0.2, 0.25) is 5.91 Å². The number of carbonyl (C=O) groups excluding carboxylic acids is 2. The van der Waals surface area contributed by atoms with Gasteiger partial charge in [0.1, 0.15) is 12.4 Å². The number of hydrogen-bond donors (Lipinski definition) is 1.